The molecule has 0 spiro atoms. The molecule has 0 saturated carbocycles. The Morgan fingerprint density at radius 2 is 2.11 bits per heavy atom. The van der Waals surface area contributed by atoms with Crippen molar-refractivity contribution in [1.82, 2.24) is 5.32 Å². The van der Waals surface area contributed by atoms with E-state index in [2.05, 4.69) is 19.2 Å². The fraction of sp³-hybridized carbons (Fsp3) is 1.00. The van der Waals surface area contributed by atoms with E-state index < -0.39 is 0 Å². The summed E-state index contributed by atoms with van der Waals surface area (Å²) in [6.45, 7) is 6.24. The van der Waals surface area contributed by atoms with Crippen molar-refractivity contribution >= 4 is 0 Å². The Bertz CT molecular complexity index is 54.9. The van der Waals surface area contributed by atoms with Gasteiger partial charge in [0.2, 0.25) is 0 Å². The fourth-order valence-corrected chi connectivity index (χ4v) is 0.803. The number of hydrogen-bond acceptors (Lipinski definition) is 2. The maximum absolute atomic E-state index is 5.71. The highest BCUT2D eigenvalue weighted by Gasteiger charge is 1.96. The average molecular weight is 130 g/mol. The van der Waals surface area contributed by atoms with E-state index >= 15 is 0 Å². The predicted octanol–water partition coefficient (Wildman–Crippen LogP) is 0.723. The lowest BCUT2D eigenvalue weighted by Crippen LogP contribution is -2.33. The first-order valence-electron chi connectivity index (χ1n) is 3.77. The summed E-state index contributed by atoms with van der Waals surface area (Å²) in [6.07, 6.45) is 2.32. The van der Waals surface area contributed by atoms with Crippen LogP contribution in [0.4, 0.5) is 0 Å². The van der Waals surface area contributed by atoms with Crippen LogP contribution in [0.1, 0.15) is 26.7 Å². The van der Waals surface area contributed by atoms with Crippen molar-refractivity contribution in [3.63, 3.8) is 0 Å². The minimum absolute atomic E-state index is 0.356. The summed E-state index contributed by atoms with van der Waals surface area (Å²) in [6, 6.07) is 0.356. The highest BCUT2D eigenvalue weighted by molar-refractivity contribution is 4.61. The van der Waals surface area contributed by atoms with Crippen LogP contribution in [0.5, 0.6) is 0 Å². The van der Waals surface area contributed by atoms with Crippen LogP contribution >= 0.6 is 0 Å². The van der Waals surface area contributed by atoms with Crippen LogP contribution in [0.25, 0.3) is 0 Å². The van der Waals surface area contributed by atoms with Gasteiger partial charge in [-0.15, -0.1) is 0 Å². The van der Waals surface area contributed by atoms with Crippen molar-refractivity contribution in [1.29, 1.82) is 0 Å². The second kappa shape index (κ2) is 6.05. The molecule has 0 aliphatic rings. The van der Waals surface area contributed by atoms with Gasteiger partial charge in [-0.2, -0.15) is 0 Å². The average Bonchev–Trinajstić information content (AvgIpc) is 1.85. The molecule has 0 aromatic carbocycles. The van der Waals surface area contributed by atoms with Crippen LogP contribution in [-0.2, 0) is 0 Å². The summed E-state index contributed by atoms with van der Waals surface area (Å²) < 4.78 is 0. The topological polar surface area (TPSA) is 38.0 Å². The summed E-state index contributed by atoms with van der Waals surface area (Å²) in [5, 5.41) is 3.21. The highest BCUT2D eigenvalue weighted by atomic mass is 14.9. The number of nitrogens with one attached hydrogen (secondary N) is 1. The summed E-state index contributed by atoms with van der Waals surface area (Å²) >= 11 is 0. The lowest BCUT2D eigenvalue weighted by molar-refractivity contribution is 0.549. The molecule has 1 atom stereocenters. The van der Waals surface area contributed by atoms with Gasteiger partial charge in [-0.05, 0) is 13.0 Å². The van der Waals surface area contributed by atoms with Gasteiger partial charge in [-0.25, -0.2) is 0 Å². The smallest absolute Gasteiger partial charge is 0.0165 e. The third kappa shape index (κ3) is 5.80. The highest BCUT2D eigenvalue weighted by Crippen LogP contribution is 1.89. The molecule has 0 amide bonds. The SMILES string of the molecule is CCCC(N)CNCC. The molecular formula is C7H18N2. The van der Waals surface area contributed by atoms with Gasteiger partial charge in [-0.1, -0.05) is 20.3 Å². The van der Waals surface area contributed by atoms with Gasteiger partial charge >= 0.3 is 0 Å². The predicted molar refractivity (Wildman–Crippen MR) is 41.4 cm³/mol. The molecule has 9 heavy (non-hydrogen) atoms. The Morgan fingerprint density at radius 1 is 1.44 bits per heavy atom. The van der Waals surface area contributed by atoms with Crippen LogP contribution in [-0.4, -0.2) is 19.1 Å². The summed E-state index contributed by atoms with van der Waals surface area (Å²) in [7, 11) is 0. The zero-order valence-electron chi connectivity index (χ0n) is 6.48. The molecular weight excluding hydrogens is 112 g/mol. The van der Waals surface area contributed by atoms with E-state index in [-0.39, 0.29) is 0 Å². The van der Waals surface area contributed by atoms with E-state index in [1.165, 1.54) is 6.42 Å². The van der Waals surface area contributed by atoms with Crippen LogP contribution in [0.2, 0.25) is 0 Å². The summed E-state index contributed by atoms with van der Waals surface area (Å²) in [4.78, 5) is 0. The van der Waals surface area contributed by atoms with Crippen molar-refractivity contribution in [2.24, 2.45) is 5.73 Å². The molecule has 0 bridgehead atoms. The van der Waals surface area contributed by atoms with Gasteiger partial charge in [-0.3, -0.25) is 0 Å². The first kappa shape index (κ1) is 8.92. The van der Waals surface area contributed by atoms with Gasteiger partial charge in [0.1, 0.15) is 0 Å². The molecule has 0 saturated heterocycles. The molecule has 0 aromatic rings. The number of likely N-dealkylation sites (N-methyl/N-ethyl adjacent to an activating group) is 1. The van der Waals surface area contributed by atoms with Gasteiger partial charge in [0, 0.05) is 12.6 Å². The molecule has 0 heterocycles. The van der Waals surface area contributed by atoms with Crippen LogP contribution in [0.3, 0.4) is 0 Å². The minimum atomic E-state index is 0.356. The van der Waals surface area contributed by atoms with Gasteiger partial charge in [0.15, 0.2) is 0 Å². The summed E-state index contributed by atoms with van der Waals surface area (Å²) in [5.74, 6) is 0. The van der Waals surface area contributed by atoms with Crippen molar-refractivity contribution in [3.05, 3.63) is 0 Å². The maximum Gasteiger partial charge on any atom is 0.0165 e. The Labute approximate surface area is 57.8 Å². The third-order valence-electron chi connectivity index (χ3n) is 1.32. The van der Waals surface area contributed by atoms with E-state index in [0.717, 1.165) is 19.5 Å². The number of hydrogen-bond donors (Lipinski definition) is 2. The number of nitrogens with two attached hydrogens (primary N) is 1. The molecule has 0 rings (SSSR count). The van der Waals surface area contributed by atoms with Crippen molar-refractivity contribution in [3.8, 4) is 0 Å². The first-order valence-corrected chi connectivity index (χ1v) is 3.77. The van der Waals surface area contributed by atoms with E-state index in [1.807, 2.05) is 0 Å². The summed E-state index contributed by atoms with van der Waals surface area (Å²) in [5.41, 5.74) is 5.71. The van der Waals surface area contributed by atoms with Crippen LogP contribution in [0.15, 0.2) is 0 Å². The molecule has 0 aliphatic carbocycles. The molecule has 0 aromatic heterocycles. The standard InChI is InChI=1S/C7H18N2/c1-3-5-7(8)6-9-4-2/h7,9H,3-6,8H2,1-2H3. The quantitative estimate of drug-likeness (QED) is 0.575. The molecule has 3 N–H and O–H groups in total. The largest absolute Gasteiger partial charge is 0.327 e. The molecule has 0 aliphatic heterocycles. The second-order valence-electron chi connectivity index (χ2n) is 2.36. The monoisotopic (exact) mass is 130 g/mol. The van der Waals surface area contributed by atoms with Gasteiger partial charge < -0.3 is 11.1 Å². The lowest BCUT2D eigenvalue weighted by Gasteiger charge is -2.09. The van der Waals surface area contributed by atoms with Crippen molar-refractivity contribution in [2.45, 2.75) is 32.7 Å². The van der Waals surface area contributed by atoms with Crippen LogP contribution in [0, 0.1) is 0 Å². The molecule has 0 fully saturated rings. The Kier molecular flexibility index (Phi) is 5.99. The maximum atomic E-state index is 5.71. The molecule has 1 unspecified atom stereocenters. The molecule has 56 valence electrons. The lowest BCUT2D eigenvalue weighted by atomic mass is 10.2. The second-order valence-corrected chi connectivity index (χ2v) is 2.36. The van der Waals surface area contributed by atoms with Crippen molar-refractivity contribution < 1.29 is 0 Å². The fourth-order valence-electron chi connectivity index (χ4n) is 0.803. The third-order valence-corrected chi connectivity index (χ3v) is 1.32. The number of rotatable bonds is 5. The first-order chi connectivity index (χ1) is 4.31. The molecule has 2 nitrogen and oxygen atoms in total. The van der Waals surface area contributed by atoms with E-state index in [1.54, 1.807) is 0 Å². The van der Waals surface area contributed by atoms with Crippen LogP contribution < -0.4 is 11.1 Å². The van der Waals surface area contributed by atoms with E-state index in [0.29, 0.717) is 6.04 Å². The van der Waals surface area contributed by atoms with E-state index in [9.17, 15) is 0 Å². The Morgan fingerprint density at radius 3 is 2.56 bits per heavy atom. The minimum Gasteiger partial charge on any atom is -0.327 e. The normalized spacial score (nSPS) is 13.7. The van der Waals surface area contributed by atoms with Gasteiger partial charge in [0.25, 0.3) is 0 Å². The molecule has 2 heteroatoms. The van der Waals surface area contributed by atoms with Gasteiger partial charge in [0.05, 0.1) is 0 Å². The zero-order chi connectivity index (χ0) is 7.11. The molecule has 0 radical (unpaired) electrons. The zero-order valence-corrected chi connectivity index (χ0v) is 6.48. The van der Waals surface area contributed by atoms with Crippen molar-refractivity contribution in [2.75, 3.05) is 13.1 Å². The Hall–Kier alpha value is -0.0800. The van der Waals surface area contributed by atoms with E-state index in [4.69, 9.17) is 5.73 Å². The Balaban J connectivity index is 2.95.